The summed E-state index contributed by atoms with van der Waals surface area (Å²) < 4.78 is 0.860. The van der Waals surface area contributed by atoms with Crippen LogP contribution in [0.3, 0.4) is 0 Å². The molecule has 2 amide bonds. The van der Waals surface area contributed by atoms with Gasteiger partial charge in [-0.1, -0.05) is 12.1 Å². The first-order chi connectivity index (χ1) is 13.5. The van der Waals surface area contributed by atoms with E-state index in [1.165, 1.54) is 0 Å². The molecule has 0 aromatic heterocycles. The second-order valence-electron chi connectivity index (χ2n) is 7.11. The zero-order chi connectivity index (χ0) is 19.7. The van der Waals surface area contributed by atoms with Gasteiger partial charge >= 0.3 is 0 Å². The highest BCUT2D eigenvalue weighted by Gasteiger charge is 2.40. The first-order valence-electron chi connectivity index (χ1n) is 9.43. The van der Waals surface area contributed by atoms with Crippen molar-refractivity contribution in [2.45, 2.75) is 6.42 Å². The highest BCUT2D eigenvalue weighted by atomic mass is 79.9. The predicted octanol–water partition coefficient (Wildman–Crippen LogP) is 2.86. The lowest BCUT2D eigenvalue weighted by molar-refractivity contribution is -0.140. The quantitative estimate of drug-likeness (QED) is 0.740. The number of phenolic OH excluding ortho intramolecular Hbond substituents is 1. The molecule has 1 atom stereocenters. The van der Waals surface area contributed by atoms with Crippen LogP contribution in [0.1, 0.15) is 6.42 Å². The number of hydrogen-bond donors (Lipinski definition) is 1. The van der Waals surface area contributed by atoms with Crippen LogP contribution in [0.5, 0.6) is 5.75 Å². The van der Waals surface area contributed by atoms with Gasteiger partial charge in [0.25, 0.3) is 0 Å². The van der Waals surface area contributed by atoms with Gasteiger partial charge in [0.05, 0.1) is 5.69 Å². The SMILES string of the molecule is O=C(C1CCN(c2ccccc2Br)C1=O)N1CCN(c2ccc(O)cc2)CC1. The number of nitrogens with zero attached hydrogens (tertiary/aromatic N) is 3. The van der Waals surface area contributed by atoms with Crippen molar-refractivity contribution >= 4 is 39.1 Å². The van der Waals surface area contributed by atoms with Crippen LogP contribution in [0.4, 0.5) is 11.4 Å². The van der Waals surface area contributed by atoms with Crippen molar-refractivity contribution in [1.29, 1.82) is 0 Å². The van der Waals surface area contributed by atoms with Crippen LogP contribution in [-0.2, 0) is 9.59 Å². The number of anilines is 2. The fourth-order valence-electron chi connectivity index (χ4n) is 3.89. The second-order valence-corrected chi connectivity index (χ2v) is 7.97. The summed E-state index contributed by atoms with van der Waals surface area (Å²) in [5, 5.41) is 9.43. The Morgan fingerprint density at radius 2 is 1.64 bits per heavy atom. The highest BCUT2D eigenvalue weighted by Crippen LogP contribution is 2.32. The van der Waals surface area contributed by atoms with E-state index in [1.54, 1.807) is 17.0 Å². The molecule has 7 heteroatoms. The van der Waals surface area contributed by atoms with Crippen molar-refractivity contribution < 1.29 is 14.7 Å². The number of halogens is 1. The van der Waals surface area contributed by atoms with Gasteiger partial charge in [-0.2, -0.15) is 0 Å². The maximum absolute atomic E-state index is 13.0. The number of hydrogen-bond acceptors (Lipinski definition) is 4. The number of aromatic hydroxyl groups is 1. The summed E-state index contributed by atoms with van der Waals surface area (Å²) in [6.07, 6.45) is 0.553. The van der Waals surface area contributed by atoms with Gasteiger partial charge in [-0.15, -0.1) is 0 Å². The van der Waals surface area contributed by atoms with E-state index in [2.05, 4.69) is 20.8 Å². The van der Waals surface area contributed by atoms with Crippen molar-refractivity contribution in [3.05, 3.63) is 53.0 Å². The van der Waals surface area contributed by atoms with Crippen molar-refractivity contribution in [2.24, 2.45) is 5.92 Å². The number of rotatable bonds is 3. The largest absolute Gasteiger partial charge is 0.508 e. The molecule has 2 aliphatic rings. The number of para-hydroxylation sites is 1. The van der Waals surface area contributed by atoms with Crippen molar-refractivity contribution in [3.8, 4) is 5.75 Å². The molecule has 0 spiro atoms. The minimum atomic E-state index is -0.590. The molecule has 2 heterocycles. The molecule has 2 aromatic carbocycles. The van der Waals surface area contributed by atoms with E-state index in [1.807, 2.05) is 41.3 Å². The van der Waals surface area contributed by atoms with Crippen LogP contribution in [0, 0.1) is 5.92 Å². The molecule has 2 saturated heterocycles. The average Bonchev–Trinajstić information content (AvgIpc) is 3.10. The van der Waals surface area contributed by atoms with Crippen molar-refractivity contribution in [2.75, 3.05) is 42.5 Å². The molecular formula is C21H22BrN3O3. The number of phenols is 1. The average molecular weight is 444 g/mol. The van der Waals surface area contributed by atoms with Gasteiger partial charge in [-0.25, -0.2) is 0 Å². The van der Waals surface area contributed by atoms with E-state index < -0.39 is 5.92 Å². The molecule has 146 valence electrons. The summed E-state index contributed by atoms with van der Waals surface area (Å²) in [5.41, 5.74) is 1.85. The predicted molar refractivity (Wildman–Crippen MR) is 112 cm³/mol. The smallest absolute Gasteiger partial charge is 0.239 e. The van der Waals surface area contributed by atoms with Gasteiger partial charge in [0, 0.05) is 42.9 Å². The van der Waals surface area contributed by atoms with Crippen LogP contribution in [0.2, 0.25) is 0 Å². The van der Waals surface area contributed by atoms with Gasteiger partial charge in [0.1, 0.15) is 11.7 Å². The molecule has 1 unspecified atom stereocenters. The summed E-state index contributed by atoms with van der Waals surface area (Å²) in [7, 11) is 0. The molecule has 1 N–H and O–H groups in total. The first kappa shape index (κ1) is 18.8. The van der Waals surface area contributed by atoms with E-state index in [4.69, 9.17) is 0 Å². The van der Waals surface area contributed by atoms with Crippen LogP contribution in [0.25, 0.3) is 0 Å². The van der Waals surface area contributed by atoms with Crippen molar-refractivity contribution in [3.63, 3.8) is 0 Å². The number of carbonyl (C=O) groups is 2. The minimum absolute atomic E-state index is 0.0649. The molecule has 6 nitrogen and oxygen atoms in total. The third-order valence-corrected chi connectivity index (χ3v) is 6.12. The molecule has 28 heavy (non-hydrogen) atoms. The molecule has 4 rings (SSSR count). The molecular weight excluding hydrogens is 422 g/mol. The Morgan fingerprint density at radius 1 is 0.964 bits per heavy atom. The van der Waals surface area contributed by atoms with E-state index in [9.17, 15) is 14.7 Å². The fraction of sp³-hybridized carbons (Fsp3) is 0.333. The number of benzene rings is 2. The topological polar surface area (TPSA) is 64.1 Å². The molecule has 2 aliphatic heterocycles. The summed E-state index contributed by atoms with van der Waals surface area (Å²) in [5.74, 6) is -0.526. The Hall–Kier alpha value is -2.54. The molecule has 0 aliphatic carbocycles. The summed E-state index contributed by atoms with van der Waals surface area (Å²) in [4.78, 5) is 31.6. The standard InChI is InChI=1S/C21H22BrN3O3/c22-18-3-1-2-4-19(18)25-10-9-17(21(25)28)20(27)24-13-11-23(12-14-24)15-5-7-16(26)8-6-15/h1-8,17,26H,9-14H2. The zero-order valence-corrected chi connectivity index (χ0v) is 17.0. The highest BCUT2D eigenvalue weighted by molar-refractivity contribution is 9.10. The zero-order valence-electron chi connectivity index (χ0n) is 15.4. The molecule has 0 saturated carbocycles. The Labute approximate surface area is 172 Å². The molecule has 0 bridgehead atoms. The summed E-state index contributed by atoms with van der Waals surface area (Å²) in [6.45, 7) is 3.18. The minimum Gasteiger partial charge on any atom is -0.508 e. The van der Waals surface area contributed by atoms with E-state index in [0.29, 0.717) is 39.1 Å². The monoisotopic (exact) mass is 443 g/mol. The van der Waals surface area contributed by atoms with E-state index in [-0.39, 0.29) is 17.6 Å². The second kappa shape index (κ2) is 7.83. The number of carbonyl (C=O) groups excluding carboxylic acids is 2. The molecule has 0 radical (unpaired) electrons. The van der Waals surface area contributed by atoms with Crippen LogP contribution < -0.4 is 9.80 Å². The number of piperazine rings is 1. The third-order valence-electron chi connectivity index (χ3n) is 5.45. The Morgan fingerprint density at radius 3 is 2.32 bits per heavy atom. The van der Waals surface area contributed by atoms with Crippen molar-refractivity contribution in [1.82, 2.24) is 4.90 Å². The van der Waals surface area contributed by atoms with Gasteiger partial charge in [0.15, 0.2) is 0 Å². The van der Waals surface area contributed by atoms with Crippen LogP contribution in [-0.4, -0.2) is 54.5 Å². The van der Waals surface area contributed by atoms with E-state index in [0.717, 1.165) is 15.8 Å². The maximum Gasteiger partial charge on any atom is 0.239 e. The lowest BCUT2D eigenvalue weighted by atomic mass is 10.1. The molecule has 2 fully saturated rings. The Bertz CT molecular complexity index is 879. The lowest BCUT2D eigenvalue weighted by Gasteiger charge is -2.37. The van der Waals surface area contributed by atoms with Gasteiger partial charge in [-0.3, -0.25) is 9.59 Å². The third kappa shape index (κ3) is 3.58. The van der Waals surface area contributed by atoms with Gasteiger partial charge in [0.2, 0.25) is 11.8 Å². The van der Waals surface area contributed by atoms with Crippen LogP contribution in [0.15, 0.2) is 53.0 Å². The number of amides is 2. The normalized spacial score (nSPS) is 20.0. The Kier molecular flexibility index (Phi) is 5.26. The molecule has 2 aromatic rings. The van der Waals surface area contributed by atoms with Gasteiger partial charge in [-0.05, 0) is 58.7 Å². The first-order valence-corrected chi connectivity index (χ1v) is 10.2. The van der Waals surface area contributed by atoms with Crippen LogP contribution >= 0.6 is 15.9 Å². The summed E-state index contributed by atoms with van der Waals surface area (Å²) >= 11 is 3.49. The van der Waals surface area contributed by atoms with E-state index >= 15 is 0 Å². The summed E-state index contributed by atoms with van der Waals surface area (Å²) in [6, 6.07) is 14.7. The Balaban J connectivity index is 1.38. The van der Waals surface area contributed by atoms with Gasteiger partial charge < -0.3 is 19.8 Å². The lowest BCUT2D eigenvalue weighted by Crippen LogP contribution is -2.51. The fourth-order valence-corrected chi connectivity index (χ4v) is 4.39. The maximum atomic E-state index is 13.0.